The van der Waals surface area contributed by atoms with Crippen molar-refractivity contribution in [1.29, 1.82) is 0 Å². The fourth-order valence-corrected chi connectivity index (χ4v) is 1.67. The molecule has 1 aromatic rings. The fraction of sp³-hybridized carbons (Fsp3) is 0.364. The van der Waals surface area contributed by atoms with Crippen LogP contribution in [0.15, 0.2) is 24.3 Å². The standard InChI is InChI=1S/C11H15N3/c1-9-6-10(8-12)7-11(13-9)14-4-2-3-5-14/h2-3,6-7H,4-5,8,12H2,1H3. The van der Waals surface area contributed by atoms with Crippen molar-refractivity contribution in [1.82, 2.24) is 4.98 Å². The van der Waals surface area contributed by atoms with Crippen LogP contribution in [0.3, 0.4) is 0 Å². The second kappa shape index (κ2) is 3.80. The van der Waals surface area contributed by atoms with Gasteiger partial charge in [0, 0.05) is 25.3 Å². The van der Waals surface area contributed by atoms with Gasteiger partial charge in [-0.25, -0.2) is 4.98 Å². The summed E-state index contributed by atoms with van der Waals surface area (Å²) in [6.45, 7) is 4.50. The van der Waals surface area contributed by atoms with E-state index in [1.165, 1.54) is 0 Å². The third kappa shape index (κ3) is 1.77. The Bertz CT molecular complexity index is 350. The van der Waals surface area contributed by atoms with Gasteiger partial charge in [0.2, 0.25) is 0 Å². The summed E-state index contributed by atoms with van der Waals surface area (Å²) in [6, 6.07) is 4.10. The zero-order valence-electron chi connectivity index (χ0n) is 8.40. The van der Waals surface area contributed by atoms with E-state index in [1.807, 2.05) is 13.0 Å². The van der Waals surface area contributed by atoms with Crippen molar-refractivity contribution in [3.8, 4) is 0 Å². The first-order chi connectivity index (χ1) is 6.79. The summed E-state index contributed by atoms with van der Waals surface area (Å²) in [5.74, 6) is 1.04. The molecule has 0 fully saturated rings. The van der Waals surface area contributed by atoms with Crippen molar-refractivity contribution in [2.45, 2.75) is 13.5 Å². The van der Waals surface area contributed by atoms with Gasteiger partial charge in [0.25, 0.3) is 0 Å². The van der Waals surface area contributed by atoms with Crippen molar-refractivity contribution >= 4 is 5.82 Å². The van der Waals surface area contributed by atoms with Gasteiger partial charge < -0.3 is 10.6 Å². The van der Waals surface area contributed by atoms with Crippen LogP contribution in [0.1, 0.15) is 11.3 Å². The van der Waals surface area contributed by atoms with E-state index in [-0.39, 0.29) is 0 Å². The van der Waals surface area contributed by atoms with Crippen molar-refractivity contribution < 1.29 is 0 Å². The smallest absolute Gasteiger partial charge is 0.129 e. The predicted molar refractivity (Wildman–Crippen MR) is 58.2 cm³/mol. The van der Waals surface area contributed by atoms with Gasteiger partial charge in [-0.2, -0.15) is 0 Å². The van der Waals surface area contributed by atoms with Crippen molar-refractivity contribution in [2.75, 3.05) is 18.0 Å². The van der Waals surface area contributed by atoms with Gasteiger partial charge in [-0.05, 0) is 24.6 Å². The molecule has 0 aliphatic carbocycles. The molecule has 0 amide bonds. The summed E-state index contributed by atoms with van der Waals surface area (Å²) in [5.41, 5.74) is 7.81. The monoisotopic (exact) mass is 189 g/mol. The van der Waals surface area contributed by atoms with E-state index in [1.54, 1.807) is 0 Å². The SMILES string of the molecule is Cc1cc(CN)cc(N2CC=CC2)n1. The molecule has 0 radical (unpaired) electrons. The summed E-state index contributed by atoms with van der Waals surface area (Å²) in [5, 5.41) is 0. The van der Waals surface area contributed by atoms with Crippen molar-refractivity contribution in [3.05, 3.63) is 35.5 Å². The minimum Gasteiger partial charge on any atom is -0.349 e. The van der Waals surface area contributed by atoms with Crippen LogP contribution in [0.25, 0.3) is 0 Å². The fourth-order valence-electron chi connectivity index (χ4n) is 1.67. The molecule has 1 aromatic heterocycles. The van der Waals surface area contributed by atoms with E-state index >= 15 is 0 Å². The van der Waals surface area contributed by atoms with Gasteiger partial charge in [-0.1, -0.05) is 12.2 Å². The lowest BCUT2D eigenvalue weighted by Gasteiger charge is -2.17. The number of rotatable bonds is 2. The van der Waals surface area contributed by atoms with E-state index in [9.17, 15) is 0 Å². The number of aromatic nitrogens is 1. The highest BCUT2D eigenvalue weighted by atomic mass is 15.2. The third-order valence-electron chi connectivity index (χ3n) is 2.38. The largest absolute Gasteiger partial charge is 0.349 e. The quantitative estimate of drug-likeness (QED) is 0.711. The average molecular weight is 189 g/mol. The lowest BCUT2D eigenvalue weighted by atomic mass is 10.2. The second-order valence-corrected chi connectivity index (χ2v) is 3.56. The molecule has 3 nitrogen and oxygen atoms in total. The minimum absolute atomic E-state index is 0.581. The Morgan fingerprint density at radius 1 is 1.36 bits per heavy atom. The topological polar surface area (TPSA) is 42.1 Å². The predicted octanol–water partition coefficient (Wildman–Crippen LogP) is 1.22. The summed E-state index contributed by atoms with van der Waals surface area (Å²) in [4.78, 5) is 6.72. The molecule has 0 spiro atoms. The number of nitrogens with zero attached hydrogens (tertiary/aromatic N) is 2. The summed E-state index contributed by atoms with van der Waals surface area (Å²) in [7, 11) is 0. The number of hydrogen-bond acceptors (Lipinski definition) is 3. The first kappa shape index (κ1) is 9.21. The van der Waals surface area contributed by atoms with E-state index < -0.39 is 0 Å². The Morgan fingerprint density at radius 3 is 2.71 bits per heavy atom. The normalized spacial score (nSPS) is 15.1. The maximum absolute atomic E-state index is 5.62. The van der Waals surface area contributed by atoms with Gasteiger partial charge >= 0.3 is 0 Å². The second-order valence-electron chi connectivity index (χ2n) is 3.56. The molecule has 0 saturated carbocycles. The van der Waals surface area contributed by atoms with E-state index in [0.717, 1.165) is 30.2 Å². The van der Waals surface area contributed by atoms with Gasteiger partial charge in [0.15, 0.2) is 0 Å². The Morgan fingerprint density at radius 2 is 2.07 bits per heavy atom. The molecule has 2 rings (SSSR count). The molecule has 0 unspecified atom stereocenters. The molecule has 74 valence electrons. The molecule has 14 heavy (non-hydrogen) atoms. The summed E-state index contributed by atoms with van der Waals surface area (Å²) in [6.07, 6.45) is 4.32. The average Bonchev–Trinajstić information content (AvgIpc) is 2.69. The van der Waals surface area contributed by atoms with Gasteiger partial charge in [0.05, 0.1) is 0 Å². The Hall–Kier alpha value is -1.35. The van der Waals surface area contributed by atoms with Crippen LogP contribution < -0.4 is 10.6 Å². The van der Waals surface area contributed by atoms with Crippen LogP contribution in [0.5, 0.6) is 0 Å². The zero-order chi connectivity index (χ0) is 9.97. The molecular weight excluding hydrogens is 174 g/mol. The van der Waals surface area contributed by atoms with Crippen LogP contribution in [-0.2, 0) is 6.54 Å². The Balaban J connectivity index is 2.28. The minimum atomic E-state index is 0.581. The molecule has 0 saturated heterocycles. The number of pyridine rings is 1. The molecule has 0 bridgehead atoms. The van der Waals surface area contributed by atoms with Crippen LogP contribution in [-0.4, -0.2) is 18.1 Å². The van der Waals surface area contributed by atoms with Crippen LogP contribution in [0.4, 0.5) is 5.82 Å². The molecule has 2 heterocycles. The lowest BCUT2D eigenvalue weighted by Crippen LogP contribution is -2.20. The lowest BCUT2D eigenvalue weighted by molar-refractivity contribution is 0.943. The van der Waals surface area contributed by atoms with E-state index in [0.29, 0.717) is 6.54 Å². The van der Waals surface area contributed by atoms with Crippen molar-refractivity contribution in [3.63, 3.8) is 0 Å². The molecule has 0 atom stereocenters. The Kier molecular flexibility index (Phi) is 2.50. The maximum Gasteiger partial charge on any atom is 0.129 e. The highest BCUT2D eigenvalue weighted by Gasteiger charge is 2.09. The zero-order valence-corrected chi connectivity index (χ0v) is 8.40. The van der Waals surface area contributed by atoms with Gasteiger partial charge in [-0.15, -0.1) is 0 Å². The third-order valence-corrected chi connectivity index (χ3v) is 2.38. The summed E-state index contributed by atoms with van der Waals surface area (Å²) < 4.78 is 0. The molecule has 1 aliphatic heterocycles. The first-order valence-corrected chi connectivity index (χ1v) is 4.87. The molecular formula is C11H15N3. The number of anilines is 1. The maximum atomic E-state index is 5.62. The first-order valence-electron chi connectivity index (χ1n) is 4.87. The van der Waals surface area contributed by atoms with Crippen LogP contribution in [0, 0.1) is 6.92 Å². The molecule has 2 N–H and O–H groups in total. The number of hydrogen-bond donors (Lipinski definition) is 1. The molecule has 0 aromatic carbocycles. The van der Waals surface area contributed by atoms with Crippen LogP contribution >= 0.6 is 0 Å². The highest BCUT2D eigenvalue weighted by Crippen LogP contribution is 2.16. The van der Waals surface area contributed by atoms with E-state index in [4.69, 9.17) is 5.73 Å². The molecule has 3 heteroatoms. The number of nitrogens with two attached hydrogens (primary N) is 1. The highest BCUT2D eigenvalue weighted by molar-refractivity contribution is 5.45. The van der Waals surface area contributed by atoms with E-state index in [2.05, 4.69) is 28.1 Å². The van der Waals surface area contributed by atoms with Gasteiger partial charge in [-0.3, -0.25) is 0 Å². The Labute approximate surface area is 84.2 Å². The van der Waals surface area contributed by atoms with Gasteiger partial charge in [0.1, 0.15) is 5.82 Å². The molecule has 1 aliphatic rings. The summed E-state index contributed by atoms with van der Waals surface area (Å²) >= 11 is 0. The van der Waals surface area contributed by atoms with Crippen molar-refractivity contribution in [2.24, 2.45) is 5.73 Å². The van der Waals surface area contributed by atoms with Crippen LogP contribution in [0.2, 0.25) is 0 Å². The number of aryl methyl sites for hydroxylation is 1.